The van der Waals surface area contributed by atoms with Gasteiger partial charge in [0.1, 0.15) is 17.8 Å². The van der Waals surface area contributed by atoms with Crippen LogP contribution < -0.4 is 16.4 Å². The summed E-state index contributed by atoms with van der Waals surface area (Å²) in [7, 11) is 0. The van der Waals surface area contributed by atoms with Crippen LogP contribution in [0.3, 0.4) is 0 Å². The van der Waals surface area contributed by atoms with E-state index >= 15 is 0 Å². The van der Waals surface area contributed by atoms with Crippen LogP contribution in [0.5, 0.6) is 0 Å². The Morgan fingerprint density at radius 1 is 1.11 bits per heavy atom. The Hall–Kier alpha value is -3.39. The minimum Gasteiger partial charge on any atom is -0.441 e. The van der Waals surface area contributed by atoms with Gasteiger partial charge in [-0.25, -0.2) is 4.79 Å². The molecule has 0 radical (unpaired) electrons. The van der Waals surface area contributed by atoms with E-state index in [9.17, 15) is 4.79 Å². The maximum absolute atomic E-state index is 12.1. The highest BCUT2D eigenvalue weighted by Gasteiger charge is 2.32. The lowest BCUT2D eigenvalue weighted by atomic mass is 10.1. The van der Waals surface area contributed by atoms with E-state index in [1.807, 2.05) is 12.1 Å². The number of anilines is 1. The quantitative estimate of drug-likeness (QED) is 0.436. The summed E-state index contributed by atoms with van der Waals surface area (Å²) in [5, 5.41) is 14.9. The van der Waals surface area contributed by atoms with Gasteiger partial charge in [-0.1, -0.05) is 18.2 Å². The Kier molecular flexibility index (Phi) is 5.37. The number of carbonyl (C=O) groups is 1. The Morgan fingerprint density at radius 3 is 2.48 bits per heavy atom. The first-order chi connectivity index (χ1) is 12.9. The average Bonchev–Trinajstić information content (AvgIpc) is 3.02. The van der Waals surface area contributed by atoms with Gasteiger partial charge in [-0.3, -0.25) is 15.7 Å². The van der Waals surface area contributed by atoms with Crippen LogP contribution in [0.1, 0.15) is 16.7 Å². The molecule has 8 heteroatoms. The number of nitrogens with one attached hydrogen (secondary N) is 2. The van der Waals surface area contributed by atoms with Crippen LogP contribution in [0.25, 0.3) is 0 Å². The molecule has 1 saturated heterocycles. The zero-order valence-electron chi connectivity index (χ0n) is 14.6. The van der Waals surface area contributed by atoms with E-state index in [0.29, 0.717) is 30.0 Å². The number of benzene rings is 2. The summed E-state index contributed by atoms with van der Waals surface area (Å²) in [6.07, 6.45) is -0.807. The molecule has 1 aliphatic rings. The van der Waals surface area contributed by atoms with Crippen molar-refractivity contribution in [1.82, 2.24) is 0 Å². The summed E-state index contributed by atoms with van der Waals surface area (Å²) in [5.41, 5.74) is 13.7. The van der Waals surface area contributed by atoms with Crippen molar-refractivity contribution in [2.45, 2.75) is 12.7 Å². The molecular formula is C19H21N5O3. The lowest BCUT2D eigenvalue weighted by molar-refractivity contribution is 0.0381. The van der Waals surface area contributed by atoms with Crippen molar-refractivity contribution in [3.63, 3.8) is 0 Å². The molecule has 6 N–H and O–H groups in total. The Bertz CT molecular complexity index is 866. The molecule has 27 heavy (non-hydrogen) atoms. The molecule has 1 atom stereocenters. The number of amides is 1. The van der Waals surface area contributed by atoms with Gasteiger partial charge in [0.25, 0.3) is 0 Å². The van der Waals surface area contributed by atoms with Crippen LogP contribution in [-0.4, -0.2) is 37.0 Å². The van der Waals surface area contributed by atoms with Crippen molar-refractivity contribution in [3.8, 4) is 0 Å². The summed E-state index contributed by atoms with van der Waals surface area (Å²) < 4.78 is 11.0. The van der Waals surface area contributed by atoms with Crippen molar-refractivity contribution in [3.05, 3.63) is 65.2 Å². The number of hydrogen-bond donors (Lipinski definition) is 4. The monoisotopic (exact) mass is 367 g/mol. The third-order valence-electron chi connectivity index (χ3n) is 4.17. The number of nitrogens with two attached hydrogens (primary N) is 2. The second kappa shape index (κ2) is 7.88. The Labute approximate surface area is 156 Å². The molecule has 1 unspecified atom stereocenters. The van der Waals surface area contributed by atoms with E-state index in [0.717, 1.165) is 5.56 Å². The van der Waals surface area contributed by atoms with Gasteiger partial charge in [0.15, 0.2) is 0 Å². The smallest absolute Gasteiger partial charge is 0.414 e. The van der Waals surface area contributed by atoms with Crippen LogP contribution in [0.15, 0.2) is 48.5 Å². The maximum atomic E-state index is 12.1. The van der Waals surface area contributed by atoms with Crippen LogP contribution in [0.2, 0.25) is 0 Å². The predicted molar refractivity (Wildman–Crippen MR) is 102 cm³/mol. The van der Waals surface area contributed by atoms with Crippen LogP contribution in [0, 0.1) is 10.8 Å². The van der Waals surface area contributed by atoms with Gasteiger partial charge in [-0.15, -0.1) is 0 Å². The van der Waals surface area contributed by atoms with Gasteiger partial charge < -0.3 is 20.9 Å². The molecule has 2 aromatic carbocycles. The minimum absolute atomic E-state index is 0.00741. The fraction of sp³-hybridized carbons (Fsp3) is 0.211. The molecule has 2 aromatic rings. The summed E-state index contributed by atoms with van der Waals surface area (Å²) >= 11 is 0. The average molecular weight is 367 g/mol. The zero-order chi connectivity index (χ0) is 19.4. The maximum Gasteiger partial charge on any atom is 0.414 e. The van der Waals surface area contributed by atoms with Crippen molar-refractivity contribution in [2.24, 2.45) is 11.5 Å². The van der Waals surface area contributed by atoms with E-state index in [-0.39, 0.29) is 24.4 Å². The number of hydrogen-bond acceptors (Lipinski definition) is 5. The van der Waals surface area contributed by atoms with Crippen molar-refractivity contribution in [2.75, 3.05) is 18.1 Å². The molecule has 8 nitrogen and oxygen atoms in total. The zero-order valence-corrected chi connectivity index (χ0v) is 14.6. The summed E-state index contributed by atoms with van der Waals surface area (Å²) in [6, 6.07) is 14.1. The first-order valence-electron chi connectivity index (χ1n) is 8.37. The first kappa shape index (κ1) is 18.4. The number of amidine groups is 2. The van der Waals surface area contributed by atoms with Gasteiger partial charge in [0.05, 0.1) is 19.8 Å². The SMILES string of the molecule is N=C(N)c1ccc(N2CC(COCc3cccc(C(=N)N)c3)OC2=O)cc1. The normalized spacial score (nSPS) is 16.2. The topological polar surface area (TPSA) is 139 Å². The van der Waals surface area contributed by atoms with E-state index in [1.54, 1.807) is 36.4 Å². The van der Waals surface area contributed by atoms with Gasteiger partial charge >= 0.3 is 6.09 Å². The molecule has 0 aromatic heterocycles. The molecule has 140 valence electrons. The minimum atomic E-state index is -0.433. The number of ether oxygens (including phenoxy) is 2. The van der Waals surface area contributed by atoms with Crippen molar-refractivity contribution >= 4 is 23.5 Å². The fourth-order valence-corrected chi connectivity index (χ4v) is 2.78. The van der Waals surface area contributed by atoms with Crippen molar-refractivity contribution < 1.29 is 14.3 Å². The number of rotatable bonds is 7. The number of nitrogen functional groups attached to an aromatic ring is 2. The van der Waals surface area contributed by atoms with E-state index in [1.165, 1.54) is 4.90 Å². The van der Waals surface area contributed by atoms with Gasteiger partial charge in [-0.05, 0) is 35.9 Å². The molecule has 1 aliphatic heterocycles. The first-order valence-corrected chi connectivity index (χ1v) is 8.37. The van der Waals surface area contributed by atoms with Crippen LogP contribution >= 0.6 is 0 Å². The molecule has 0 aliphatic carbocycles. The Morgan fingerprint density at radius 2 is 1.81 bits per heavy atom. The predicted octanol–water partition coefficient (Wildman–Crippen LogP) is 1.80. The second-order valence-corrected chi connectivity index (χ2v) is 6.21. The summed E-state index contributed by atoms with van der Waals surface area (Å²) in [4.78, 5) is 13.6. The highest BCUT2D eigenvalue weighted by molar-refractivity contribution is 5.96. The molecule has 1 fully saturated rings. The van der Waals surface area contributed by atoms with Crippen LogP contribution in [0.4, 0.5) is 10.5 Å². The third kappa shape index (κ3) is 4.42. The van der Waals surface area contributed by atoms with Gasteiger partial charge in [-0.2, -0.15) is 0 Å². The molecule has 0 spiro atoms. The highest BCUT2D eigenvalue weighted by Crippen LogP contribution is 2.22. The van der Waals surface area contributed by atoms with E-state index < -0.39 is 6.09 Å². The number of cyclic esters (lactones) is 1. The lowest BCUT2D eigenvalue weighted by Gasteiger charge is -2.13. The number of nitrogens with zero attached hydrogens (tertiary/aromatic N) is 1. The van der Waals surface area contributed by atoms with E-state index in [2.05, 4.69) is 0 Å². The fourth-order valence-electron chi connectivity index (χ4n) is 2.78. The third-order valence-corrected chi connectivity index (χ3v) is 4.17. The second-order valence-electron chi connectivity index (χ2n) is 6.21. The van der Waals surface area contributed by atoms with Crippen molar-refractivity contribution in [1.29, 1.82) is 10.8 Å². The molecule has 1 amide bonds. The summed E-state index contributed by atoms with van der Waals surface area (Å²) in [6.45, 7) is 0.978. The van der Waals surface area contributed by atoms with E-state index in [4.69, 9.17) is 31.8 Å². The summed E-state index contributed by atoms with van der Waals surface area (Å²) in [5.74, 6) is -0.0151. The standard InChI is InChI=1S/C19H21N5O3/c20-17(21)13-4-6-15(7-5-13)24-9-16(27-19(24)25)11-26-10-12-2-1-3-14(8-12)18(22)23/h1-8,16H,9-11H2,(H3,20,21)(H3,22,23). The molecule has 1 heterocycles. The molecule has 3 rings (SSSR count). The Balaban J connectivity index is 1.54. The van der Waals surface area contributed by atoms with Crippen LogP contribution in [-0.2, 0) is 16.1 Å². The molecular weight excluding hydrogens is 346 g/mol. The highest BCUT2D eigenvalue weighted by atomic mass is 16.6. The molecule has 0 saturated carbocycles. The van der Waals surface area contributed by atoms with Gasteiger partial charge in [0.2, 0.25) is 0 Å². The van der Waals surface area contributed by atoms with Gasteiger partial charge in [0, 0.05) is 16.8 Å². The molecule has 0 bridgehead atoms. The largest absolute Gasteiger partial charge is 0.441 e. The number of carbonyl (C=O) groups excluding carboxylic acids is 1. The lowest BCUT2D eigenvalue weighted by Crippen LogP contribution is -2.26.